The summed E-state index contributed by atoms with van der Waals surface area (Å²) < 4.78 is 0. The Hall–Kier alpha value is -1.32. The first-order chi connectivity index (χ1) is 14.5. The van der Waals surface area contributed by atoms with Gasteiger partial charge in [0.15, 0.2) is 0 Å². The number of rotatable bonds is 16. The zero-order chi connectivity index (χ0) is 21.7. The highest BCUT2D eigenvalue weighted by molar-refractivity contribution is 5.75. The quantitative estimate of drug-likeness (QED) is 0.200. The largest absolute Gasteiger partial charge is 0.481 e. The van der Waals surface area contributed by atoms with Crippen LogP contribution in [-0.2, 0) is 9.59 Å². The molecule has 2 saturated carbocycles. The summed E-state index contributed by atoms with van der Waals surface area (Å²) >= 11 is 0. The number of hydrogen-bond acceptors (Lipinski definition) is 2. The zero-order valence-electron chi connectivity index (χ0n) is 19.0. The molecule has 0 heterocycles. The minimum absolute atomic E-state index is 0.398. The molecule has 0 aromatic rings. The minimum Gasteiger partial charge on any atom is -0.481 e. The second-order valence-corrected chi connectivity index (χ2v) is 9.96. The van der Waals surface area contributed by atoms with Crippen LogP contribution in [0, 0.1) is 10.8 Å². The Bertz CT molecular complexity index is 491. The fraction of sp³-hybridized carbons (Fsp3) is 0.846. The van der Waals surface area contributed by atoms with Crippen molar-refractivity contribution in [3.8, 4) is 0 Å². The van der Waals surface area contributed by atoms with Crippen molar-refractivity contribution < 1.29 is 19.8 Å². The Labute approximate surface area is 183 Å². The van der Waals surface area contributed by atoms with E-state index in [-0.39, 0.29) is 0 Å². The minimum atomic E-state index is -0.567. The Morgan fingerprint density at radius 3 is 1.23 bits per heavy atom. The SMILES string of the molecule is O=C(O)C1(CCCCCC/C=C\CCCCCCC2(C(=O)O)CCCC2)CCCC1. The van der Waals surface area contributed by atoms with Crippen molar-refractivity contribution in [2.24, 2.45) is 10.8 Å². The molecule has 2 rings (SSSR count). The molecule has 0 spiro atoms. The summed E-state index contributed by atoms with van der Waals surface area (Å²) in [6, 6.07) is 0. The maximum Gasteiger partial charge on any atom is 0.309 e. The van der Waals surface area contributed by atoms with Gasteiger partial charge in [-0.05, 0) is 64.2 Å². The standard InChI is InChI=1S/C26H44O4/c27-23(28)25(19-13-14-20-25)17-11-9-7-5-3-1-2-4-6-8-10-12-18-26(24(29)30)21-15-16-22-26/h1-2H,3-22H2,(H,27,28)(H,29,30)/b2-1-. The number of unbranched alkanes of at least 4 members (excludes halogenated alkanes) is 8. The summed E-state index contributed by atoms with van der Waals surface area (Å²) in [5, 5.41) is 19.0. The summed E-state index contributed by atoms with van der Waals surface area (Å²) in [6.45, 7) is 0. The van der Waals surface area contributed by atoms with Crippen LogP contribution < -0.4 is 0 Å². The van der Waals surface area contributed by atoms with Gasteiger partial charge in [-0.25, -0.2) is 0 Å². The van der Waals surface area contributed by atoms with Crippen molar-refractivity contribution in [3.63, 3.8) is 0 Å². The summed E-state index contributed by atoms with van der Waals surface area (Å²) in [7, 11) is 0. The average molecular weight is 421 g/mol. The summed E-state index contributed by atoms with van der Waals surface area (Å²) in [6.07, 6.45) is 25.7. The molecule has 2 aliphatic carbocycles. The first kappa shape index (κ1) is 24.9. The van der Waals surface area contributed by atoms with Crippen LogP contribution in [0.3, 0.4) is 0 Å². The molecule has 0 unspecified atom stereocenters. The van der Waals surface area contributed by atoms with E-state index < -0.39 is 22.8 Å². The van der Waals surface area contributed by atoms with Crippen LogP contribution in [0.15, 0.2) is 12.2 Å². The molecule has 2 aliphatic rings. The van der Waals surface area contributed by atoms with Gasteiger partial charge in [-0.2, -0.15) is 0 Å². The molecular formula is C26H44O4. The monoisotopic (exact) mass is 420 g/mol. The van der Waals surface area contributed by atoms with Crippen molar-refractivity contribution in [2.75, 3.05) is 0 Å². The Morgan fingerprint density at radius 2 is 0.900 bits per heavy atom. The van der Waals surface area contributed by atoms with Gasteiger partial charge in [0, 0.05) is 0 Å². The lowest BCUT2D eigenvalue weighted by Crippen LogP contribution is -2.27. The topological polar surface area (TPSA) is 74.6 Å². The lowest BCUT2D eigenvalue weighted by molar-refractivity contribution is -0.150. The number of aliphatic carboxylic acids is 2. The van der Waals surface area contributed by atoms with Gasteiger partial charge in [0.05, 0.1) is 10.8 Å². The highest BCUT2D eigenvalue weighted by Crippen LogP contribution is 2.43. The van der Waals surface area contributed by atoms with Crippen LogP contribution in [-0.4, -0.2) is 22.2 Å². The molecule has 4 nitrogen and oxygen atoms in total. The smallest absolute Gasteiger partial charge is 0.309 e. The molecule has 0 aromatic carbocycles. The molecule has 2 fully saturated rings. The molecule has 4 heteroatoms. The third-order valence-corrected chi connectivity index (χ3v) is 7.75. The molecule has 0 saturated heterocycles. The molecular weight excluding hydrogens is 376 g/mol. The van der Waals surface area contributed by atoms with Crippen molar-refractivity contribution in [3.05, 3.63) is 12.2 Å². The highest BCUT2D eigenvalue weighted by atomic mass is 16.4. The Kier molecular flexibility index (Phi) is 11.0. The lowest BCUT2D eigenvalue weighted by Gasteiger charge is -2.23. The van der Waals surface area contributed by atoms with Crippen LogP contribution in [0.25, 0.3) is 0 Å². The van der Waals surface area contributed by atoms with E-state index in [0.29, 0.717) is 0 Å². The fourth-order valence-electron chi connectivity index (χ4n) is 5.64. The summed E-state index contributed by atoms with van der Waals surface area (Å²) in [5.74, 6) is -1.13. The maximum absolute atomic E-state index is 11.5. The van der Waals surface area contributed by atoms with Crippen molar-refractivity contribution >= 4 is 11.9 Å². The van der Waals surface area contributed by atoms with Gasteiger partial charge in [0.1, 0.15) is 0 Å². The second-order valence-electron chi connectivity index (χ2n) is 9.96. The van der Waals surface area contributed by atoms with Gasteiger partial charge in [0.25, 0.3) is 0 Å². The Balaban J connectivity index is 1.40. The molecule has 0 amide bonds. The van der Waals surface area contributed by atoms with Crippen LogP contribution in [0.2, 0.25) is 0 Å². The molecule has 0 aromatic heterocycles. The van der Waals surface area contributed by atoms with E-state index in [2.05, 4.69) is 12.2 Å². The number of carbonyl (C=O) groups is 2. The summed E-state index contributed by atoms with van der Waals surface area (Å²) in [5.41, 5.74) is -0.795. The molecule has 0 bridgehead atoms. The molecule has 0 aliphatic heterocycles. The van der Waals surface area contributed by atoms with Gasteiger partial charge < -0.3 is 10.2 Å². The average Bonchev–Trinajstić information content (AvgIpc) is 3.39. The molecule has 172 valence electrons. The van der Waals surface area contributed by atoms with E-state index in [0.717, 1.165) is 103 Å². The second kappa shape index (κ2) is 13.2. The van der Waals surface area contributed by atoms with Crippen LogP contribution >= 0.6 is 0 Å². The predicted octanol–water partition coefficient (Wildman–Crippen LogP) is 7.51. The van der Waals surface area contributed by atoms with E-state index in [1.54, 1.807) is 0 Å². The van der Waals surface area contributed by atoms with Crippen LogP contribution in [0.5, 0.6) is 0 Å². The van der Waals surface area contributed by atoms with E-state index in [1.807, 2.05) is 0 Å². The van der Waals surface area contributed by atoms with Gasteiger partial charge in [0.2, 0.25) is 0 Å². The number of allylic oxidation sites excluding steroid dienone is 2. The maximum atomic E-state index is 11.5. The highest BCUT2D eigenvalue weighted by Gasteiger charge is 2.41. The van der Waals surface area contributed by atoms with Crippen LogP contribution in [0.1, 0.15) is 128 Å². The first-order valence-corrected chi connectivity index (χ1v) is 12.6. The number of carboxylic acid groups (broad SMARTS) is 2. The van der Waals surface area contributed by atoms with E-state index in [4.69, 9.17) is 0 Å². The lowest BCUT2D eigenvalue weighted by atomic mass is 9.81. The number of carboxylic acids is 2. The summed E-state index contributed by atoms with van der Waals surface area (Å²) in [4.78, 5) is 23.1. The Morgan fingerprint density at radius 1 is 0.567 bits per heavy atom. The predicted molar refractivity (Wildman–Crippen MR) is 122 cm³/mol. The van der Waals surface area contributed by atoms with E-state index >= 15 is 0 Å². The fourth-order valence-corrected chi connectivity index (χ4v) is 5.64. The zero-order valence-corrected chi connectivity index (χ0v) is 19.0. The van der Waals surface area contributed by atoms with Crippen molar-refractivity contribution in [1.82, 2.24) is 0 Å². The normalized spacial score (nSPS) is 20.1. The van der Waals surface area contributed by atoms with E-state index in [1.165, 1.54) is 25.7 Å². The molecule has 0 atom stereocenters. The number of hydrogen-bond donors (Lipinski definition) is 2. The van der Waals surface area contributed by atoms with Crippen molar-refractivity contribution in [2.45, 2.75) is 128 Å². The molecule has 30 heavy (non-hydrogen) atoms. The van der Waals surface area contributed by atoms with Gasteiger partial charge in [-0.15, -0.1) is 0 Å². The van der Waals surface area contributed by atoms with Gasteiger partial charge >= 0.3 is 11.9 Å². The third kappa shape index (κ3) is 7.74. The van der Waals surface area contributed by atoms with Crippen LogP contribution in [0.4, 0.5) is 0 Å². The van der Waals surface area contributed by atoms with Gasteiger partial charge in [-0.1, -0.05) is 76.4 Å². The molecule has 2 N–H and O–H groups in total. The van der Waals surface area contributed by atoms with Gasteiger partial charge in [-0.3, -0.25) is 9.59 Å². The van der Waals surface area contributed by atoms with Crippen molar-refractivity contribution in [1.29, 1.82) is 0 Å². The van der Waals surface area contributed by atoms with E-state index in [9.17, 15) is 19.8 Å². The molecule has 0 radical (unpaired) electrons. The third-order valence-electron chi connectivity index (χ3n) is 7.75. The first-order valence-electron chi connectivity index (χ1n) is 12.6.